The molecule has 2 aliphatic rings. The summed E-state index contributed by atoms with van der Waals surface area (Å²) in [7, 11) is -8.17. The van der Waals surface area contributed by atoms with Gasteiger partial charge in [-0.3, -0.25) is 0 Å². The summed E-state index contributed by atoms with van der Waals surface area (Å²) in [6.45, 7) is 0. The molecule has 0 atom stereocenters. The molecule has 0 N–H and O–H groups in total. The zero-order chi connectivity index (χ0) is 43.2. The Balaban J connectivity index is 1.30. The molecule has 12 heteroatoms. The van der Waals surface area contributed by atoms with Crippen LogP contribution < -0.4 is 9.47 Å². The Hall–Kier alpha value is -8.16. The second kappa shape index (κ2) is 15.5. The number of hydrogen-bond donors (Lipinski definition) is 0. The average Bonchev–Trinajstić information content (AvgIpc) is 3.78. The number of rotatable bonds is 8. The molecule has 0 amide bonds. The minimum Gasteiger partial charge on any atom is -0.422 e. The molecule has 0 aromatic heterocycles. The van der Waals surface area contributed by atoms with E-state index in [1.807, 2.05) is 12.1 Å². The third-order valence-corrected chi connectivity index (χ3v) is 14.1. The average molecular weight is 849 g/mol. The maximum absolute atomic E-state index is 14.0. The normalized spacial score (nSPS) is 13.9. The molecule has 2 aliphatic carbocycles. The van der Waals surface area contributed by atoms with E-state index in [-0.39, 0.29) is 53.4 Å². The first kappa shape index (κ1) is 39.3. The molecule has 0 spiro atoms. The SMILES string of the molecule is N#CC(C(=O)Oc1ccccc1)=C1c2cc(S(=O)(=O)c3ccccc3)ccc2-c2cc3c(cc21)/C(=C(\C#N)C(=O)Oc1ccccc1)c1cc(S(=O)(=O)c2ccccc2)ccc1-3. The van der Waals surface area contributed by atoms with Crippen molar-refractivity contribution in [2.24, 2.45) is 0 Å². The molecule has 10 nitrogen and oxygen atoms in total. The lowest BCUT2D eigenvalue weighted by molar-refractivity contribution is -0.130. The fraction of sp³-hybridized carbons (Fsp3) is 0. The van der Waals surface area contributed by atoms with Gasteiger partial charge in [0.1, 0.15) is 34.8 Å². The quantitative estimate of drug-likeness (QED) is 0.0622. The van der Waals surface area contributed by atoms with Crippen LogP contribution in [-0.2, 0) is 29.3 Å². The van der Waals surface area contributed by atoms with E-state index in [0.717, 1.165) is 0 Å². The van der Waals surface area contributed by atoms with Gasteiger partial charge in [-0.15, -0.1) is 0 Å². The van der Waals surface area contributed by atoms with Gasteiger partial charge in [-0.05, 0) is 129 Å². The number of para-hydroxylation sites is 2. The van der Waals surface area contributed by atoms with E-state index in [1.165, 1.54) is 48.5 Å². The molecule has 0 bridgehead atoms. The van der Waals surface area contributed by atoms with Crippen LogP contribution in [0.25, 0.3) is 33.4 Å². The molecule has 62 heavy (non-hydrogen) atoms. The molecule has 0 radical (unpaired) electrons. The molecule has 0 heterocycles. The van der Waals surface area contributed by atoms with Crippen LogP contribution in [0.15, 0.2) is 201 Å². The molecular weight excluding hydrogens is 821 g/mol. The second-order valence-corrected chi connectivity index (χ2v) is 18.0. The molecule has 7 aromatic carbocycles. The first-order chi connectivity index (χ1) is 30.0. The summed E-state index contributed by atoms with van der Waals surface area (Å²) in [5, 5.41) is 21.4. The Morgan fingerprint density at radius 2 is 0.694 bits per heavy atom. The largest absolute Gasteiger partial charge is 0.422 e. The Morgan fingerprint density at radius 1 is 0.371 bits per heavy atom. The third kappa shape index (κ3) is 6.66. The number of ether oxygens (including phenoxy) is 2. The highest BCUT2D eigenvalue weighted by atomic mass is 32.2. The van der Waals surface area contributed by atoms with Gasteiger partial charge in [-0.1, -0.05) is 84.9 Å². The predicted octanol–water partition coefficient (Wildman–Crippen LogP) is 9.18. The molecule has 0 saturated carbocycles. The lowest BCUT2D eigenvalue weighted by Crippen LogP contribution is -2.13. The smallest absolute Gasteiger partial charge is 0.354 e. The summed E-state index contributed by atoms with van der Waals surface area (Å²) in [5.74, 6) is -1.70. The number of carbonyl (C=O) groups is 2. The van der Waals surface area contributed by atoms with Gasteiger partial charge < -0.3 is 9.47 Å². The van der Waals surface area contributed by atoms with Crippen molar-refractivity contribution in [2.75, 3.05) is 0 Å². The van der Waals surface area contributed by atoms with E-state index in [0.29, 0.717) is 33.4 Å². The van der Waals surface area contributed by atoms with E-state index in [2.05, 4.69) is 0 Å². The molecule has 0 aliphatic heterocycles. The van der Waals surface area contributed by atoms with Gasteiger partial charge >= 0.3 is 11.9 Å². The first-order valence-electron chi connectivity index (χ1n) is 18.9. The number of carbonyl (C=O) groups excluding carboxylic acids is 2. The fourth-order valence-electron chi connectivity index (χ4n) is 7.72. The number of hydrogen-bond acceptors (Lipinski definition) is 10. The van der Waals surface area contributed by atoms with Crippen molar-refractivity contribution in [3.8, 4) is 45.9 Å². The topological polar surface area (TPSA) is 168 Å². The van der Waals surface area contributed by atoms with Crippen LogP contribution in [0.1, 0.15) is 22.3 Å². The molecule has 0 fully saturated rings. The van der Waals surface area contributed by atoms with E-state index in [1.54, 1.807) is 121 Å². The Labute approximate surface area is 356 Å². The van der Waals surface area contributed by atoms with Crippen LogP contribution in [0.5, 0.6) is 11.5 Å². The van der Waals surface area contributed by atoms with Gasteiger partial charge in [-0.2, -0.15) is 10.5 Å². The fourth-order valence-corrected chi connectivity index (χ4v) is 10.3. The standard InChI is InChI=1S/C50H28N2O8S2/c51-29-45(49(53)59-31-13-5-1-6-14-31)47-41-25-35(61(55,56)33-17-9-3-10-18-33)21-23-37(41)39-27-40-38-24-22-36(62(57,58)34-19-11-4-12-20-34)26-42(38)48(44(40)28-43(39)47)46(30-52)50(54)60-32-15-7-2-8-16-32/h1-28H/b47-45+,48-46?. The van der Waals surface area contributed by atoms with Crippen LogP contribution >= 0.6 is 0 Å². The van der Waals surface area contributed by atoms with Crippen molar-refractivity contribution in [1.82, 2.24) is 0 Å². The monoisotopic (exact) mass is 848 g/mol. The summed E-state index contributed by atoms with van der Waals surface area (Å²) >= 11 is 0. The van der Waals surface area contributed by atoms with Crippen LogP contribution in [-0.4, -0.2) is 28.8 Å². The van der Waals surface area contributed by atoms with Crippen LogP contribution in [0, 0.1) is 22.7 Å². The summed E-state index contributed by atoms with van der Waals surface area (Å²) in [6, 6.07) is 48.2. The number of sulfone groups is 2. The summed E-state index contributed by atoms with van der Waals surface area (Å²) in [4.78, 5) is 27.9. The predicted molar refractivity (Wildman–Crippen MR) is 229 cm³/mol. The molecule has 0 saturated heterocycles. The minimum absolute atomic E-state index is 0.0374. The van der Waals surface area contributed by atoms with Crippen molar-refractivity contribution in [3.05, 3.63) is 203 Å². The van der Waals surface area contributed by atoms with Gasteiger partial charge in [0.05, 0.1) is 19.6 Å². The molecule has 7 aromatic rings. The zero-order valence-electron chi connectivity index (χ0n) is 32.1. The van der Waals surface area contributed by atoms with Gasteiger partial charge in [0.2, 0.25) is 19.7 Å². The maximum Gasteiger partial charge on any atom is 0.354 e. The van der Waals surface area contributed by atoms with E-state index in [9.17, 15) is 36.9 Å². The highest BCUT2D eigenvalue weighted by molar-refractivity contribution is 7.91. The van der Waals surface area contributed by atoms with Crippen molar-refractivity contribution in [1.29, 1.82) is 10.5 Å². The number of nitrogens with zero attached hydrogens (tertiary/aromatic N) is 2. The Morgan fingerprint density at radius 3 is 1.05 bits per heavy atom. The van der Waals surface area contributed by atoms with Crippen molar-refractivity contribution in [3.63, 3.8) is 0 Å². The summed E-state index contributed by atoms with van der Waals surface area (Å²) < 4.78 is 67.2. The molecule has 9 rings (SSSR count). The Kier molecular flexibility index (Phi) is 9.80. The maximum atomic E-state index is 14.0. The zero-order valence-corrected chi connectivity index (χ0v) is 33.8. The van der Waals surface area contributed by atoms with Crippen molar-refractivity contribution < 1.29 is 35.9 Å². The van der Waals surface area contributed by atoms with Crippen molar-refractivity contribution in [2.45, 2.75) is 19.6 Å². The van der Waals surface area contributed by atoms with Gasteiger partial charge in [0, 0.05) is 11.1 Å². The molecule has 0 unspecified atom stereocenters. The van der Waals surface area contributed by atoms with Crippen LogP contribution in [0.3, 0.4) is 0 Å². The van der Waals surface area contributed by atoms with Crippen LogP contribution in [0.4, 0.5) is 0 Å². The van der Waals surface area contributed by atoms with E-state index >= 15 is 0 Å². The third-order valence-electron chi connectivity index (χ3n) is 10.6. The minimum atomic E-state index is -4.08. The summed E-state index contributed by atoms with van der Waals surface area (Å²) in [6.07, 6.45) is 0. The number of fused-ring (bicyclic) bond motifs is 6. The highest BCUT2D eigenvalue weighted by Gasteiger charge is 2.37. The summed E-state index contributed by atoms with van der Waals surface area (Å²) in [5.41, 5.74) is 2.28. The lowest BCUT2D eigenvalue weighted by Gasteiger charge is -2.12. The first-order valence-corrected chi connectivity index (χ1v) is 21.9. The van der Waals surface area contributed by atoms with E-state index < -0.39 is 42.8 Å². The Bertz CT molecular complexity index is 3180. The van der Waals surface area contributed by atoms with Crippen LogP contribution in [0.2, 0.25) is 0 Å². The molecule has 298 valence electrons. The lowest BCUT2D eigenvalue weighted by atomic mass is 9.92. The number of nitriles is 2. The van der Waals surface area contributed by atoms with Gasteiger partial charge in [0.25, 0.3) is 0 Å². The second-order valence-electron chi connectivity index (χ2n) is 14.1. The van der Waals surface area contributed by atoms with Gasteiger partial charge in [-0.25, -0.2) is 26.4 Å². The number of esters is 2. The number of benzene rings is 7. The molecular formula is C50H28N2O8S2. The van der Waals surface area contributed by atoms with E-state index in [4.69, 9.17) is 9.47 Å². The van der Waals surface area contributed by atoms with Crippen molar-refractivity contribution >= 4 is 42.8 Å². The highest BCUT2D eigenvalue weighted by Crippen LogP contribution is 2.54. The van der Waals surface area contributed by atoms with Gasteiger partial charge in [0.15, 0.2) is 0 Å².